The number of aryl methyl sites for hydroxylation is 1. The second kappa shape index (κ2) is 7.21. The van der Waals surface area contributed by atoms with Gasteiger partial charge < -0.3 is 9.64 Å². The average molecular weight is 326 g/mol. The van der Waals surface area contributed by atoms with Crippen molar-refractivity contribution < 1.29 is 17.9 Å². The van der Waals surface area contributed by atoms with Gasteiger partial charge in [0.1, 0.15) is 0 Å². The van der Waals surface area contributed by atoms with Crippen molar-refractivity contribution in [3.8, 4) is 0 Å². The summed E-state index contributed by atoms with van der Waals surface area (Å²) in [6.07, 6.45) is 2.02. The molecule has 1 aliphatic rings. The minimum atomic E-state index is -3.67. The third kappa shape index (κ3) is 4.53. The number of benzene rings is 1. The van der Waals surface area contributed by atoms with Gasteiger partial charge in [0.2, 0.25) is 15.9 Å². The van der Waals surface area contributed by atoms with E-state index < -0.39 is 10.0 Å². The first-order valence-corrected chi connectivity index (χ1v) is 8.96. The third-order valence-corrected chi connectivity index (χ3v) is 4.76. The number of nitrogens with zero attached hydrogens (tertiary/aromatic N) is 1. The number of hydrogen-bond donors (Lipinski definition) is 1. The van der Waals surface area contributed by atoms with Crippen molar-refractivity contribution in [2.75, 3.05) is 19.7 Å². The van der Waals surface area contributed by atoms with Gasteiger partial charge in [-0.25, -0.2) is 13.6 Å². The second-order valence-electron chi connectivity index (χ2n) is 5.43. The normalized spacial score (nSPS) is 19.2. The Morgan fingerprint density at radius 3 is 2.64 bits per heavy atom. The quantitative estimate of drug-likeness (QED) is 0.870. The average Bonchev–Trinajstić information content (AvgIpc) is 2.52. The number of sulfonamides is 1. The molecular formula is C15H22N2O4S. The van der Waals surface area contributed by atoms with Crippen molar-refractivity contribution in [3.05, 3.63) is 29.8 Å². The molecule has 1 fully saturated rings. The van der Waals surface area contributed by atoms with E-state index in [1.807, 2.05) is 11.8 Å². The molecule has 122 valence electrons. The lowest BCUT2D eigenvalue weighted by atomic mass is 10.1. The van der Waals surface area contributed by atoms with Crippen LogP contribution in [0.1, 0.15) is 25.3 Å². The van der Waals surface area contributed by atoms with Crippen LogP contribution in [-0.4, -0.2) is 45.0 Å². The van der Waals surface area contributed by atoms with Crippen LogP contribution in [0.2, 0.25) is 0 Å². The molecule has 0 bridgehead atoms. The zero-order valence-electron chi connectivity index (χ0n) is 12.7. The molecule has 1 aliphatic heterocycles. The molecule has 22 heavy (non-hydrogen) atoms. The summed E-state index contributed by atoms with van der Waals surface area (Å²) < 4.78 is 27.9. The maximum Gasteiger partial charge on any atom is 0.238 e. The fourth-order valence-electron chi connectivity index (χ4n) is 2.45. The number of nitrogens with two attached hydrogens (primary N) is 1. The first kappa shape index (κ1) is 16.9. The molecule has 0 aromatic heterocycles. The van der Waals surface area contributed by atoms with Gasteiger partial charge in [-0.1, -0.05) is 19.1 Å². The summed E-state index contributed by atoms with van der Waals surface area (Å²) in [5, 5.41) is 5.05. The molecule has 1 atom stereocenters. The highest BCUT2D eigenvalue weighted by Crippen LogP contribution is 2.13. The van der Waals surface area contributed by atoms with Crippen LogP contribution in [0.3, 0.4) is 0 Å². The molecule has 6 nitrogen and oxygen atoms in total. The van der Waals surface area contributed by atoms with E-state index in [9.17, 15) is 13.2 Å². The monoisotopic (exact) mass is 326 g/mol. The lowest BCUT2D eigenvalue weighted by molar-refractivity contribution is -0.138. The Hall–Kier alpha value is -1.44. The maximum absolute atomic E-state index is 12.2. The molecule has 1 aromatic carbocycles. The maximum atomic E-state index is 12.2. The van der Waals surface area contributed by atoms with E-state index in [4.69, 9.17) is 9.88 Å². The van der Waals surface area contributed by atoms with Crippen LogP contribution in [0.5, 0.6) is 0 Å². The molecule has 1 amide bonds. The van der Waals surface area contributed by atoms with E-state index in [1.165, 1.54) is 12.1 Å². The van der Waals surface area contributed by atoms with Gasteiger partial charge in [0.05, 0.1) is 17.6 Å². The number of carbonyl (C=O) groups is 1. The molecule has 0 spiro atoms. The molecule has 2 rings (SSSR count). The first-order chi connectivity index (χ1) is 10.4. The van der Waals surface area contributed by atoms with E-state index in [-0.39, 0.29) is 16.9 Å². The Balaban J connectivity index is 1.88. The van der Waals surface area contributed by atoms with Crippen molar-refractivity contribution >= 4 is 15.9 Å². The Kier molecular flexibility index (Phi) is 5.55. The Morgan fingerprint density at radius 2 is 2.05 bits per heavy atom. The molecule has 0 saturated carbocycles. The van der Waals surface area contributed by atoms with E-state index >= 15 is 0 Å². The summed E-state index contributed by atoms with van der Waals surface area (Å²) in [7, 11) is -3.67. The summed E-state index contributed by atoms with van der Waals surface area (Å²) in [6.45, 7) is 3.93. The van der Waals surface area contributed by atoms with E-state index in [1.54, 1.807) is 12.1 Å². The minimum Gasteiger partial charge on any atom is -0.375 e. The van der Waals surface area contributed by atoms with Crippen molar-refractivity contribution in [1.29, 1.82) is 0 Å². The van der Waals surface area contributed by atoms with Gasteiger partial charge >= 0.3 is 0 Å². The SMILES string of the molecule is CC[C@@H]1CN(C(=O)CCc2ccc(S(N)(=O)=O)cc2)CCO1. The van der Waals surface area contributed by atoms with Gasteiger partial charge in [0, 0.05) is 19.5 Å². The summed E-state index contributed by atoms with van der Waals surface area (Å²) in [6, 6.07) is 6.33. The fraction of sp³-hybridized carbons (Fsp3) is 0.533. The van der Waals surface area contributed by atoms with E-state index in [0.717, 1.165) is 12.0 Å². The highest BCUT2D eigenvalue weighted by atomic mass is 32.2. The lowest BCUT2D eigenvalue weighted by Gasteiger charge is -2.32. The first-order valence-electron chi connectivity index (χ1n) is 7.41. The summed E-state index contributed by atoms with van der Waals surface area (Å²) >= 11 is 0. The van der Waals surface area contributed by atoms with Gasteiger partial charge in [0.15, 0.2) is 0 Å². The molecule has 0 radical (unpaired) electrons. The standard InChI is InChI=1S/C15H22N2O4S/c1-2-13-11-17(9-10-21-13)15(18)8-5-12-3-6-14(7-4-12)22(16,19)20/h3-4,6-7,13H,2,5,8-11H2,1H3,(H2,16,19,20)/t13-/m1/s1. The number of hydrogen-bond acceptors (Lipinski definition) is 4. The minimum absolute atomic E-state index is 0.0848. The number of ether oxygens (including phenoxy) is 1. The number of amides is 1. The molecule has 1 heterocycles. The van der Waals surface area contributed by atoms with Gasteiger partial charge in [-0.15, -0.1) is 0 Å². The van der Waals surface area contributed by atoms with Crippen LogP contribution in [0.25, 0.3) is 0 Å². The van der Waals surface area contributed by atoms with E-state index in [0.29, 0.717) is 32.5 Å². The second-order valence-corrected chi connectivity index (χ2v) is 6.99. The van der Waals surface area contributed by atoms with Crippen molar-refractivity contribution in [2.24, 2.45) is 5.14 Å². The van der Waals surface area contributed by atoms with Crippen molar-refractivity contribution in [2.45, 2.75) is 37.2 Å². The Morgan fingerprint density at radius 1 is 1.36 bits per heavy atom. The number of carbonyl (C=O) groups excluding carboxylic acids is 1. The Bertz CT molecular complexity index is 613. The van der Waals surface area contributed by atoms with Gasteiger partial charge in [-0.05, 0) is 30.5 Å². The summed E-state index contributed by atoms with van der Waals surface area (Å²) in [5.74, 6) is 0.109. The van der Waals surface area contributed by atoms with Gasteiger partial charge in [-0.2, -0.15) is 0 Å². The Labute approximate surface area is 131 Å². The topological polar surface area (TPSA) is 89.7 Å². The van der Waals surface area contributed by atoms with Crippen LogP contribution < -0.4 is 5.14 Å². The van der Waals surface area contributed by atoms with E-state index in [2.05, 4.69) is 0 Å². The molecule has 1 aromatic rings. The molecule has 1 saturated heterocycles. The largest absolute Gasteiger partial charge is 0.375 e. The molecule has 0 aliphatic carbocycles. The van der Waals surface area contributed by atoms with Crippen LogP contribution >= 0.6 is 0 Å². The predicted molar refractivity (Wildman–Crippen MR) is 82.7 cm³/mol. The highest BCUT2D eigenvalue weighted by Gasteiger charge is 2.22. The molecular weight excluding hydrogens is 304 g/mol. The fourth-order valence-corrected chi connectivity index (χ4v) is 2.96. The zero-order chi connectivity index (χ0) is 16.2. The lowest BCUT2D eigenvalue weighted by Crippen LogP contribution is -2.45. The number of primary sulfonamides is 1. The van der Waals surface area contributed by atoms with Crippen molar-refractivity contribution in [3.63, 3.8) is 0 Å². The number of rotatable bonds is 5. The summed E-state index contributed by atoms with van der Waals surface area (Å²) in [5.41, 5.74) is 0.918. The molecule has 2 N–H and O–H groups in total. The van der Waals surface area contributed by atoms with Gasteiger partial charge in [0.25, 0.3) is 0 Å². The van der Waals surface area contributed by atoms with Crippen LogP contribution in [-0.2, 0) is 26.0 Å². The molecule has 0 unspecified atom stereocenters. The van der Waals surface area contributed by atoms with Crippen LogP contribution in [0, 0.1) is 0 Å². The molecule has 7 heteroatoms. The van der Waals surface area contributed by atoms with Gasteiger partial charge in [-0.3, -0.25) is 4.79 Å². The zero-order valence-corrected chi connectivity index (χ0v) is 13.5. The van der Waals surface area contributed by atoms with Crippen LogP contribution in [0.15, 0.2) is 29.2 Å². The third-order valence-electron chi connectivity index (χ3n) is 3.83. The number of morpholine rings is 1. The highest BCUT2D eigenvalue weighted by molar-refractivity contribution is 7.89. The summed E-state index contributed by atoms with van der Waals surface area (Å²) in [4.78, 5) is 14.1. The van der Waals surface area contributed by atoms with Crippen molar-refractivity contribution in [1.82, 2.24) is 4.90 Å². The van der Waals surface area contributed by atoms with Crippen LogP contribution in [0.4, 0.5) is 0 Å². The smallest absolute Gasteiger partial charge is 0.238 e. The predicted octanol–water partition coefficient (Wildman–Crippen LogP) is 0.904.